The van der Waals surface area contributed by atoms with Gasteiger partial charge in [0.05, 0.1) is 18.7 Å². The number of likely N-dealkylation sites (N-methyl/N-ethyl adjacent to an activating group) is 1. The molecule has 4 heteroatoms. The van der Waals surface area contributed by atoms with Crippen LogP contribution in [0.5, 0.6) is 0 Å². The first-order valence-corrected chi connectivity index (χ1v) is 7.19. The van der Waals surface area contributed by atoms with E-state index < -0.39 is 0 Å². The first-order chi connectivity index (χ1) is 9.08. The molecule has 1 aromatic rings. The highest BCUT2D eigenvalue weighted by Crippen LogP contribution is 2.14. The van der Waals surface area contributed by atoms with Crippen LogP contribution in [0, 0.1) is 0 Å². The van der Waals surface area contributed by atoms with Crippen molar-refractivity contribution >= 4 is 5.97 Å². The molecule has 20 heavy (non-hydrogen) atoms. The van der Waals surface area contributed by atoms with E-state index in [-0.39, 0.29) is 18.4 Å². The molecule has 0 amide bonds. The van der Waals surface area contributed by atoms with E-state index in [2.05, 4.69) is 27.7 Å². The summed E-state index contributed by atoms with van der Waals surface area (Å²) in [7, 11) is 0. The van der Waals surface area contributed by atoms with E-state index in [1.165, 1.54) is 10.5 Å². The SMILES string of the molecule is CC[NH+](CC)CCOC(=O)c1ccc(C(C)C)cc1.[Cl-]. The molecule has 0 aromatic heterocycles. The topological polar surface area (TPSA) is 30.7 Å². The lowest BCUT2D eigenvalue weighted by Gasteiger charge is -2.15. The second kappa shape index (κ2) is 9.78. The Morgan fingerprint density at radius 2 is 1.70 bits per heavy atom. The summed E-state index contributed by atoms with van der Waals surface area (Å²) in [6.45, 7) is 12.1. The van der Waals surface area contributed by atoms with Gasteiger partial charge in [0.1, 0.15) is 13.2 Å². The standard InChI is InChI=1S/C16H25NO2.ClH/c1-5-17(6-2)11-12-19-16(18)15-9-7-14(8-10-15)13(3)4;/h7-10,13H,5-6,11-12H2,1-4H3;1H. The molecule has 0 unspecified atom stereocenters. The highest BCUT2D eigenvalue weighted by molar-refractivity contribution is 5.89. The number of benzene rings is 1. The van der Waals surface area contributed by atoms with Crippen molar-refractivity contribution in [3.63, 3.8) is 0 Å². The minimum absolute atomic E-state index is 0. The van der Waals surface area contributed by atoms with Crippen molar-refractivity contribution in [3.05, 3.63) is 35.4 Å². The molecule has 3 nitrogen and oxygen atoms in total. The molecular formula is C16H26ClNO2. The minimum atomic E-state index is -0.220. The van der Waals surface area contributed by atoms with Gasteiger partial charge in [-0.1, -0.05) is 26.0 Å². The highest BCUT2D eigenvalue weighted by atomic mass is 35.5. The van der Waals surface area contributed by atoms with Crippen LogP contribution < -0.4 is 17.3 Å². The van der Waals surface area contributed by atoms with Gasteiger partial charge in [-0.15, -0.1) is 0 Å². The summed E-state index contributed by atoms with van der Waals surface area (Å²) in [6, 6.07) is 7.69. The molecule has 0 saturated carbocycles. The monoisotopic (exact) mass is 299 g/mol. The molecule has 0 aliphatic heterocycles. The van der Waals surface area contributed by atoms with E-state index in [4.69, 9.17) is 4.74 Å². The molecule has 0 fully saturated rings. The molecule has 0 heterocycles. The fraction of sp³-hybridized carbons (Fsp3) is 0.562. The summed E-state index contributed by atoms with van der Waals surface area (Å²) < 4.78 is 5.30. The summed E-state index contributed by atoms with van der Waals surface area (Å²) in [6.07, 6.45) is 0. The van der Waals surface area contributed by atoms with Gasteiger partial charge in [0.25, 0.3) is 0 Å². The van der Waals surface area contributed by atoms with Crippen molar-refractivity contribution in [3.8, 4) is 0 Å². The van der Waals surface area contributed by atoms with E-state index in [0.29, 0.717) is 18.1 Å². The number of halogens is 1. The average molecular weight is 300 g/mol. The quantitative estimate of drug-likeness (QED) is 0.648. The average Bonchev–Trinajstić information content (AvgIpc) is 2.43. The van der Waals surface area contributed by atoms with Gasteiger partial charge in [-0.3, -0.25) is 0 Å². The summed E-state index contributed by atoms with van der Waals surface area (Å²) >= 11 is 0. The van der Waals surface area contributed by atoms with E-state index in [9.17, 15) is 4.79 Å². The number of quaternary nitrogens is 1. The van der Waals surface area contributed by atoms with Gasteiger partial charge in [0.2, 0.25) is 0 Å². The summed E-state index contributed by atoms with van der Waals surface area (Å²) in [5.41, 5.74) is 1.88. The fourth-order valence-electron chi connectivity index (χ4n) is 1.98. The molecule has 0 saturated heterocycles. The van der Waals surface area contributed by atoms with Crippen LogP contribution >= 0.6 is 0 Å². The van der Waals surface area contributed by atoms with E-state index in [1.54, 1.807) is 0 Å². The highest BCUT2D eigenvalue weighted by Gasteiger charge is 2.09. The fourth-order valence-corrected chi connectivity index (χ4v) is 1.98. The molecule has 0 spiro atoms. The van der Waals surface area contributed by atoms with E-state index >= 15 is 0 Å². The lowest BCUT2D eigenvalue weighted by molar-refractivity contribution is -0.896. The number of nitrogens with one attached hydrogen (secondary N) is 1. The molecule has 114 valence electrons. The van der Waals surface area contributed by atoms with E-state index in [0.717, 1.165) is 19.6 Å². The van der Waals surface area contributed by atoms with Crippen LogP contribution in [0.25, 0.3) is 0 Å². The van der Waals surface area contributed by atoms with Gasteiger partial charge < -0.3 is 22.0 Å². The van der Waals surface area contributed by atoms with Crippen LogP contribution in [0.2, 0.25) is 0 Å². The van der Waals surface area contributed by atoms with Gasteiger partial charge in [-0.2, -0.15) is 0 Å². The zero-order valence-corrected chi connectivity index (χ0v) is 13.7. The largest absolute Gasteiger partial charge is 1.00 e. The predicted molar refractivity (Wildman–Crippen MR) is 77.7 cm³/mol. The molecule has 0 bridgehead atoms. The Morgan fingerprint density at radius 3 is 2.15 bits per heavy atom. The number of ether oxygens (including phenoxy) is 1. The van der Waals surface area contributed by atoms with Crippen molar-refractivity contribution < 1.29 is 26.8 Å². The van der Waals surface area contributed by atoms with Crippen molar-refractivity contribution in [1.29, 1.82) is 0 Å². The number of esters is 1. The van der Waals surface area contributed by atoms with Gasteiger partial charge >= 0.3 is 5.97 Å². The zero-order chi connectivity index (χ0) is 14.3. The normalized spacial score (nSPS) is 10.5. The number of carbonyl (C=O) groups is 1. The Morgan fingerprint density at radius 1 is 1.15 bits per heavy atom. The van der Waals surface area contributed by atoms with Crippen LogP contribution in [-0.4, -0.2) is 32.2 Å². The van der Waals surface area contributed by atoms with Crippen LogP contribution in [0.1, 0.15) is 49.5 Å². The molecular weight excluding hydrogens is 274 g/mol. The Bertz CT molecular complexity index is 386. The Labute approximate surface area is 128 Å². The molecule has 1 aromatic carbocycles. The minimum Gasteiger partial charge on any atom is -1.00 e. The molecule has 0 aliphatic rings. The first-order valence-electron chi connectivity index (χ1n) is 7.19. The van der Waals surface area contributed by atoms with Gasteiger partial charge in [-0.25, -0.2) is 4.79 Å². The summed E-state index contributed by atoms with van der Waals surface area (Å²) in [5.74, 6) is 0.262. The second-order valence-corrected chi connectivity index (χ2v) is 5.12. The van der Waals surface area contributed by atoms with Gasteiger partial charge in [0.15, 0.2) is 0 Å². The Balaban J connectivity index is 0.00000361. The number of rotatable bonds is 7. The molecule has 0 atom stereocenters. The molecule has 0 aliphatic carbocycles. The van der Waals surface area contributed by atoms with Gasteiger partial charge in [-0.05, 0) is 37.5 Å². The molecule has 1 rings (SSSR count). The Kier molecular flexibility index (Phi) is 9.26. The van der Waals surface area contributed by atoms with Crippen molar-refractivity contribution in [2.45, 2.75) is 33.6 Å². The summed E-state index contributed by atoms with van der Waals surface area (Å²) in [5, 5.41) is 0. The molecule has 0 radical (unpaired) electrons. The lowest BCUT2D eigenvalue weighted by atomic mass is 10.0. The third-order valence-electron chi connectivity index (χ3n) is 3.50. The number of hydrogen-bond acceptors (Lipinski definition) is 2. The second-order valence-electron chi connectivity index (χ2n) is 5.12. The maximum atomic E-state index is 11.9. The van der Waals surface area contributed by atoms with Crippen molar-refractivity contribution in [1.82, 2.24) is 0 Å². The maximum Gasteiger partial charge on any atom is 0.338 e. The van der Waals surface area contributed by atoms with Crippen LogP contribution in [0.3, 0.4) is 0 Å². The smallest absolute Gasteiger partial charge is 0.338 e. The number of hydrogen-bond donors (Lipinski definition) is 1. The van der Waals surface area contributed by atoms with Crippen molar-refractivity contribution in [2.24, 2.45) is 0 Å². The van der Waals surface area contributed by atoms with E-state index in [1.807, 2.05) is 24.3 Å². The van der Waals surface area contributed by atoms with Crippen LogP contribution in [0.15, 0.2) is 24.3 Å². The lowest BCUT2D eigenvalue weighted by Crippen LogP contribution is -3.11. The van der Waals surface area contributed by atoms with Crippen LogP contribution in [-0.2, 0) is 4.74 Å². The summed E-state index contributed by atoms with van der Waals surface area (Å²) in [4.78, 5) is 13.3. The zero-order valence-electron chi connectivity index (χ0n) is 12.9. The molecule has 1 N–H and O–H groups in total. The third kappa shape index (κ3) is 5.93. The maximum absolute atomic E-state index is 11.9. The van der Waals surface area contributed by atoms with Gasteiger partial charge in [0, 0.05) is 0 Å². The van der Waals surface area contributed by atoms with Crippen LogP contribution in [0.4, 0.5) is 0 Å². The predicted octanol–water partition coefficient (Wildman–Crippen LogP) is -1.10. The Hall–Kier alpha value is -1.06. The third-order valence-corrected chi connectivity index (χ3v) is 3.50. The number of carbonyl (C=O) groups excluding carboxylic acids is 1. The first kappa shape index (κ1) is 18.9. The van der Waals surface area contributed by atoms with Crippen molar-refractivity contribution in [2.75, 3.05) is 26.2 Å².